The lowest BCUT2D eigenvalue weighted by atomic mass is 9.96. The Labute approximate surface area is 192 Å². The molecule has 3 saturated heterocycles. The molecule has 200 valence electrons. The minimum absolute atomic E-state index is 0.769. The molecule has 16 heteroatoms. The Bertz CT molecular complexity index is 637. The van der Waals surface area contributed by atoms with Gasteiger partial charge >= 0.3 is 0 Å². The topological polar surface area (TPSA) is 269 Å². The largest absolute Gasteiger partial charge is 0.394 e. The fraction of sp³-hybridized carbons (Fsp3) is 1.00. The van der Waals surface area contributed by atoms with Crippen LogP contribution in [0.3, 0.4) is 0 Å². The average Bonchev–Trinajstić information content (AvgIpc) is 2.83. The van der Waals surface area contributed by atoms with Crippen molar-refractivity contribution in [1.82, 2.24) is 0 Å². The zero-order valence-corrected chi connectivity index (χ0v) is 17.7. The summed E-state index contributed by atoms with van der Waals surface area (Å²) in [6.45, 7) is -2.33. The third kappa shape index (κ3) is 5.37. The molecule has 0 aromatic carbocycles. The Morgan fingerprint density at radius 3 is 1.24 bits per heavy atom. The van der Waals surface area contributed by atoms with Crippen LogP contribution in [-0.2, 0) is 23.7 Å². The summed E-state index contributed by atoms with van der Waals surface area (Å²) in [5.41, 5.74) is 0. The first-order chi connectivity index (χ1) is 16.0. The maximum absolute atomic E-state index is 10.6. The first-order valence-corrected chi connectivity index (χ1v) is 10.6. The smallest absolute Gasteiger partial charge is 0.187 e. The summed E-state index contributed by atoms with van der Waals surface area (Å²) in [6.07, 6.45) is -25.6. The van der Waals surface area contributed by atoms with E-state index in [9.17, 15) is 56.2 Å². The van der Waals surface area contributed by atoms with Gasteiger partial charge in [0.2, 0.25) is 0 Å². The van der Waals surface area contributed by atoms with Crippen molar-refractivity contribution in [1.29, 1.82) is 0 Å². The molecule has 0 aromatic heterocycles. The molecule has 3 heterocycles. The van der Waals surface area contributed by atoms with Gasteiger partial charge in [-0.05, 0) is 0 Å². The lowest BCUT2D eigenvalue weighted by Crippen LogP contribution is -2.67. The number of aliphatic hydroxyl groups is 11. The summed E-state index contributed by atoms with van der Waals surface area (Å²) < 4.78 is 26.5. The monoisotopic (exact) mass is 504 g/mol. The number of aliphatic hydroxyl groups excluding tert-OH is 11. The van der Waals surface area contributed by atoms with Crippen molar-refractivity contribution in [2.75, 3.05) is 19.8 Å². The highest BCUT2D eigenvalue weighted by Gasteiger charge is 2.53. The molecular formula is C18H32O16. The molecule has 3 rings (SSSR count). The van der Waals surface area contributed by atoms with Gasteiger partial charge < -0.3 is 79.9 Å². The third-order valence-electron chi connectivity index (χ3n) is 6.10. The Hall–Kier alpha value is -0.640. The third-order valence-corrected chi connectivity index (χ3v) is 6.10. The Morgan fingerprint density at radius 2 is 0.824 bits per heavy atom. The maximum Gasteiger partial charge on any atom is 0.187 e. The molecule has 3 fully saturated rings. The van der Waals surface area contributed by atoms with E-state index < -0.39 is 112 Å². The van der Waals surface area contributed by atoms with Crippen LogP contribution in [0.4, 0.5) is 0 Å². The Morgan fingerprint density at radius 1 is 0.441 bits per heavy atom. The van der Waals surface area contributed by atoms with Gasteiger partial charge in [0, 0.05) is 0 Å². The van der Waals surface area contributed by atoms with Gasteiger partial charge in [0.05, 0.1) is 19.8 Å². The summed E-state index contributed by atoms with van der Waals surface area (Å²) in [7, 11) is 0. The summed E-state index contributed by atoms with van der Waals surface area (Å²) in [5, 5.41) is 109. The quantitative estimate of drug-likeness (QED) is 0.154. The van der Waals surface area contributed by atoms with E-state index in [0.717, 1.165) is 0 Å². The van der Waals surface area contributed by atoms with Gasteiger partial charge in [0.15, 0.2) is 18.9 Å². The van der Waals surface area contributed by atoms with Gasteiger partial charge in [-0.1, -0.05) is 0 Å². The van der Waals surface area contributed by atoms with Crippen molar-refractivity contribution in [3.8, 4) is 0 Å². The second-order valence-corrected chi connectivity index (χ2v) is 8.33. The lowest BCUT2D eigenvalue weighted by molar-refractivity contribution is -0.387. The van der Waals surface area contributed by atoms with Crippen molar-refractivity contribution in [2.45, 2.75) is 92.1 Å². The zero-order chi connectivity index (χ0) is 25.3. The van der Waals surface area contributed by atoms with Crippen LogP contribution in [0.5, 0.6) is 0 Å². The molecule has 0 aromatic rings. The van der Waals surface area contributed by atoms with Crippen molar-refractivity contribution in [2.24, 2.45) is 0 Å². The normalized spacial score (nSPS) is 52.5. The number of hydrogen-bond acceptors (Lipinski definition) is 16. The van der Waals surface area contributed by atoms with Gasteiger partial charge in [-0.2, -0.15) is 0 Å². The van der Waals surface area contributed by atoms with E-state index in [1.807, 2.05) is 0 Å². The highest BCUT2D eigenvalue weighted by atomic mass is 16.8. The highest BCUT2D eigenvalue weighted by molar-refractivity contribution is 4.96. The predicted molar refractivity (Wildman–Crippen MR) is 101 cm³/mol. The first-order valence-electron chi connectivity index (χ1n) is 10.6. The van der Waals surface area contributed by atoms with Crippen molar-refractivity contribution >= 4 is 0 Å². The van der Waals surface area contributed by atoms with E-state index in [4.69, 9.17) is 23.7 Å². The van der Waals surface area contributed by atoms with Gasteiger partial charge in [0.25, 0.3) is 0 Å². The predicted octanol–water partition coefficient (Wildman–Crippen LogP) is -7.57. The SMILES string of the molecule is OC[C@H]1OC(O)[C@H](O[C@H]2O[C@H](CO)[C@@H](O)[C@H](O)[C@H]2O)[C@@H](O[C@H]2O[C@H](CO)[C@@H](O)[C@H](O)[C@@H]2O)[C@H]1O. The van der Waals surface area contributed by atoms with Crippen molar-refractivity contribution in [3.05, 3.63) is 0 Å². The van der Waals surface area contributed by atoms with Crippen LogP contribution in [0.25, 0.3) is 0 Å². The summed E-state index contributed by atoms with van der Waals surface area (Å²) in [6, 6.07) is 0. The molecule has 0 bridgehead atoms. The maximum atomic E-state index is 10.6. The van der Waals surface area contributed by atoms with E-state index >= 15 is 0 Å². The van der Waals surface area contributed by atoms with Gasteiger partial charge in [-0.15, -0.1) is 0 Å². The number of rotatable bonds is 7. The molecule has 3 aliphatic rings. The van der Waals surface area contributed by atoms with Gasteiger partial charge in [-0.25, -0.2) is 0 Å². The molecule has 11 N–H and O–H groups in total. The summed E-state index contributed by atoms with van der Waals surface area (Å²) in [5.74, 6) is 0. The fourth-order valence-corrected chi connectivity index (χ4v) is 4.03. The van der Waals surface area contributed by atoms with Crippen LogP contribution >= 0.6 is 0 Å². The van der Waals surface area contributed by atoms with Crippen LogP contribution in [0.2, 0.25) is 0 Å². The second kappa shape index (κ2) is 11.6. The summed E-state index contributed by atoms with van der Waals surface area (Å²) in [4.78, 5) is 0. The number of ether oxygens (including phenoxy) is 5. The van der Waals surface area contributed by atoms with E-state index in [-0.39, 0.29) is 0 Å². The molecule has 3 aliphatic heterocycles. The van der Waals surface area contributed by atoms with Crippen molar-refractivity contribution in [3.63, 3.8) is 0 Å². The Kier molecular flexibility index (Phi) is 9.54. The van der Waals surface area contributed by atoms with Crippen LogP contribution in [0.1, 0.15) is 0 Å². The average molecular weight is 504 g/mol. The van der Waals surface area contributed by atoms with Gasteiger partial charge in [0.1, 0.15) is 73.2 Å². The van der Waals surface area contributed by atoms with Crippen LogP contribution in [-0.4, -0.2) is 168 Å². The molecule has 0 aliphatic carbocycles. The fourth-order valence-electron chi connectivity index (χ4n) is 4.03. The standard InChI is InChI=1S/C18H32O16/c19-1-4-7(22)10(25)12(27)17(31-4)33-14-9(24)6(3-21)30-16(29)15(14)34-18-13(28)11(26)8(23)5(2-20)32-18/h4-29H,1-3H2/t4-,5-,6-,7-,8-,9+,10+,11+,12+,13-,14+,15-,16?,17-,18-/m1/s1. The molecule has 0 radical (unpaired) electrons. The zero-order valence-electron chi connectivity index (χ0n) is 17.7. The molecule has 15 atom stereocenters. The Balaban J connectivity index is 1.83. The van der Waals surface area contributed by atoms with Crippen LogP contribution in [0, 0.1) is 0 Å². The number of hydrogen-bond donors (Lipinski definition) is 11. The molecule has 0 amide bonds. The first kappa shape index (κ1) is 27.9. The van der Waals surface area contributed by atoms with E-state index in [1.54, 1.807) is 0 Å². The molecular weight excluding hydrogens is 472 g/mol. The minimum atomic E-state index is -1.94. The van der Waals surface area contributed by atoms with E-state index in [0.29, 0.717) is 0 Å². The lowest BCUT2D eigenvalue weighted by Gasteiger charge is -2.48. The highest BCUT2D eigenvalue weighted by Crippen LogP contribution is 2.32. The van der Waals surface area contributed by atoms with Crippen molar-refractivity contribution < 1.29 is 79.9 Å². The van der Waals surface area contributed by atoms with Crippen LogP contribution in [0.15, 0.2) is 0 Å². The van der Waals surface area contributed by atoms with E-state index in [2.05, 4.69) is 0 Å². The molecule has 34 heavy (non-hydrogen) atoms. The van der Waals surface area contributed by atoms with Gasteiger partial charge in [-0.3, -0.25) is 0 Å². The molecule has 0 saturated carbocycles. The molecule has 0 spiro atoms. The van der Waals surface area contributed by atoms with E-state index in [1.165, 1.54) is 0 Å². The summed E-state index contributed by atoms with van der Waals surface area (Å²) >= 11 is 0. The molecule has 1 unspecified atom stereocenters. The molecule has 16 nitrogen and oxygen atoms in total. The minimum Gasteiger partial charge on any atom is -0.394 e. The van der Waals surface area contributed by atoms with Crippen LogP contribution < -0.4 is 0 Å². The second-order valence-electron chi connectivity index (χ2n) is 8.33.